The third-order valence-electron chi connectivity index (χ3n) is 16.2. The molecule has 8 aliphatic rings. The molecule has 22 atom stereocenters. The zero-order valence-electron chi connectivity index (χ0n) is 31.2. The Labute approximate surface area is 307 Å². The Morgan fingerprint density at radius 3 is 2.06 bits per heavy atom. The minimum atomic E-state index is -1.71. The standard InChI is InChI=1S/C39H64O13/c1-18-7-12-39(47-17-18)19(2)28-25(52-39)14-24-22-6-5-20-13-21(8-10-37(20,3)23(22)9-11-38(24,28)4)48-36-34(32(45)30(43)27(16-41)50-36)51-35-33(46)31(44)29(42)26(15-40)49-35/h18-36,40-46H,5-17H2,1-4H3/t18-,19-,20+,21-,22+,23-,24-,25-,26+,27+,28-,29+,30+,31-,32-,33+,34-,35-,36+,37-,38-,39+/m0/s1. The number of ether oxygens (including phenoxy) is 6. The molecule has 0 aromatic rings. The lowest BCUT2D eigenvalue weighted by atomic mass is 9.44. The zero-order chi connectivity index (χ0) is 36.9. The van der Waals surface area contributed by atoms with Crippen LogP contribution in [0.25, 0.3) is 0 Å². The Balaban J connectivity index is 0.942. The molecule has 0 aromatic heterocycles. The van der Waals surface area contributed by atoms with Gasteiger partial charge in [0.05, 0.1) is 32.0 Å². The number of fused-ring (bicyclic) bond motifs is 7. The van der Waals surface area contributed by atoms with Crippen LogP contribution in [0.15, 0.2) is 0 Å². The third-order valence-corrected chi connectivity index (χ3v) is 16.2. The third kappa shape index (κ3) is 5.98. The van der Waals surface area contributed by atoms with Gasteiger partial charge in [-0.3, -0.25) is 0 Å². The fraction of sp³-hybridized carbons (Fsp3) is 1.00. The van der Waals surface area contributed by atoms with Crippen molar-refractivity contribution in [2.45, 2.75) is 171 Å². The molecule has 4 aliphatic heterocycles. The van der Waals surface area contributed by atoms with Gasteiger partial charge in [-0.25, -0.2) is 0 Å². The van der Waals surface area contributed by atoms with Gasteiger partial charge in [0.2, 0.25) is 0 Å². The molecule has 8 fully saturated rings. The SMILES string of the molecule is C[C@H]1CC[C@@]2(OC1)O[C@H]1C[C@H]3[C@@H]4CC[C@@H]5C[C@@H](O[C@@H]6O[C@H](CO)[C@@H](O)[C@H](O)[C@@H]6O[C@@H]6O[C@H](CO)[C@@H](O)[C@H](O)[C@H]6O)CC[C@]5(C)[C@H]4CC[C@]3(C)[C@H]1[C@@H]2C. The molecule has 13 nitrogen and oxygen atoms in total. The minimum Gasteiger partial charge on any atom is -0.394 e. The number of rotatable bonds is 6. The predicted octanol–water partition coefficient (Wildman–Crippen LogP) is 1.44. The van der Waals surface area contributed by atoms with Gasteiger partial charge in [-0.2, -0.15) is 0 Å². The first kappa shape index (κ1) is 38.4. The average Bonchev–Trinajstić information content (AvgIpc) is 3.58. The molecule has 298 valence electrons. The van der Waals surface area contributed by atoms with E-state index in [1.54, 1.807) is 0 Å². The first-order chi connectivity index (χ1) is 24.7. The van der Waals surface area contributed by atoms with Crippen molar-refractivity contribution in [2.75, 3.05) is 19.8 Å². The predicted molar refractivity (Wildman–Crippen MR) is 183 cm³/mol. The van der Waals surface area contributed by atoms with Gasteiger partial charge in [-0.15, -0.1) is 0 Å². The van der Waals surface area contributed by atoms with E-state index >= 15 is 0 Å². The van der Waals surface area contributed by atoms with Crippen LogP contribution in [0.2, 0.25) is 0 Å². The molecule has 4 saturated carbocycles. The maximum absolute atomic E-state index is 11.1. The van der Waals surface area contributed by atoms with Crippen molar-refractivity contribution in [3.63, 3.8) is 0 Å². The zero-order valence-corrected chi connectivity index (χ0v) is 31.2. The van der Waals surface area contributed by atoms with Crippen LogP contribution in [-0.4, -0.2) is 135 Å². The van der Waals surface area contributed by atoms with Crippen LogP contribution in [-0.2, 0) is 28.4 Å². The van der Waals surface area contributed by atoms with Crippen molar-refractivity contribution >= 4 is 0 Å². The molecule has 0 amide bonds. The molecule has 0 unspecified atom stereocenters. The molecule has 7 N–H and O–H groups in total. The van der Waals surface area contributed by atoms with E-state index < -0.39 is 80.4 Å². The van der Waals surface area contributed by atoms with E-state index in [1.807, 2.05) is 0 Å². The van der Waals surface area contributed by atoms with Gasteiger partial charge in [-0.1, -0.05) is 27.7 Å². The second-order valence-electron chi connectivity index (χ2n) is 18.7. The highest BCUT2D eigenvalue weighted by molar-refractivity contribution is 5.15. The van der Waals surface area contributed by atoms with Crippen LogP contribution in [0.5, 0.6) is 0 Å². The monoisotopic (exact) mass is 740 g/mol. The van der Waals surface area contributed by atoms with E-state index in [-0.39, 0.29) is 23.0 Å². The Bertz CT molecular complexity index is 1260. The van der Waals surface area contributed by atoms with Gasteiger partial charge in [0.25, 0.3) is 0 Å². The van der Waals surface area contributed by atoms with Crippen molar-refractivity contribution in [1.82, 2.24) is 0 Å². The lowest BCUT2D eigenvalue weighted by molar-refractivity contribution is -0.373. The Morgan fingerprint density at radius 1 is 0.673 bits per heavy atom. The molecule has 4 heterocycles. The van der Waals surface area contributed by atoms with Gasteiger partial charge < -0.3 is 64.2 Å². The molecule has 0 bridgehead atoms. The normalized spacial score (nSPS) is 59.0. The summed E-state index contributed by atoms with van der Waals surface area (Å²) in [7, 11) is 0. The van der Waals surface area contributed by atoms with Crippen LogP contribution >= 0.6 is 0 Å². The van der Waals surface area contributed by atoms with Gasteiger partial charge >= 0.3 is 0 Å². The molecular formula is C39H64O13. The molecule has 0 aromatic carbocycles. The molecule has 0 radical (unpaired) electrons. The Morgan fingerprint density at radius 2 is 1.37 bits per heavy atom. The summed E-state index contributed by atoms with van der Waals surface area (Å²) in [5, 5.41) is 72.7. The van der Waals surface area contributed by atoms with Crippen LogP contribution < -0.4 is 0 Å². The van der Waals surface area contributed by atoms with E-state index in [2.05, 4.69) is 27.7 Å². The summed E-state index contributed by atoms with van der Waals surface area (Å²) in [5.74, 6) is 3.51. The summed E-state index contributed by atoms with van der Waals surface area (Å²) in [6, 6.07) is 0. The highest BCUT2D eigenvalue weighted by Gasteiger charge is 2.69. The van der Waals surface area contributed by atoms with Gasteiger partial charge in [0.15, 0.2) is 18.4 Å². The number of aliphatic hydroxyl groups excluding tert-OH is 7. The summed E-state index contributed by atoms with van der Waals surface area (Å²) < 4.78 is 37.5. The van der Waals surface area contributed by atoms with E-state index in [1.165, 1.54) is 25.7 Å². The van der Waals surface area contributed by atoms with Crippen LogP contribution in [0.1, 0.15) is 91.9 Å². The highest BCUT2D eigenvalue weighted by Crippen LogP contribution is 2.71. The van der Waals surface area contributed by atoms with Crippen molar-refractivity contribution in [1.29, 1.82) is 0 Å². The first-order valence-electron chi connectivity index (χ1n) is 20.3. The second-order valence-corrected chi connectivity index (χ2v) is 18.7. The molecule has 52 heavy (non-hydrogen) atoms. The summed E-state index contributed by atoms with van der Waals surface area (Å²) in [4.78, 5) is 0. The van der Waals surface area contributed by atoms with Crippen molar-refractivity contribution in [3.05, 3.63) is 0 Å². The largest absolute Gasteiger partial charge is 0.394 e. The van der Waals surface area contributed by atoms with E-state index in [0.29, 0.717) is 41.4 Å². The van der Waals surface area contributed by atoms with Gasteiger partial charge in [-0.05, 0) is 104 Å². The maximum atomic E-state index is 11.1. The maximum Gasteiger partial charge on any atom is 0.187 e. The van der Waals surface area contributed by atoms with E-state index in [9.17, 15) is 35.7 Å². The quantitative estimate of drug-likeness (QED) is 0.194. The fourth-order valence-corrected chi connectivity index (χ4v) is 13.2. The number of hydrogen-bond donors (Lipinski definition) is 7. The van der Waals surface area contributed by atoms with Gasteiger partial charge in [0.1, 0.15) is 48.8 Å². The summed E-state index contributed by atoms with van der Waals surface area (Å²) in [6.07, 6.45) is -3.88. The van der Waals surface area contributed by atoms with E-state index in [0.717, 1.165) is 45.1 Å². The molecule has 8 rings (SSSR count). The summed E-state index contributed by atoms with van der Waals surface area (Å²) in [6.45, 7) is 9.33. The lowest BCUT2D eigenvalue weighted by Gasteiger charge is -2.61. The minimum absolute atomic E-state index is 0.168. The molecule has 13 heteroatoms. The molecule has 1 spiro atoms. The molecular weight excluding hydrogens is 676 g/mol. The van der Waals surface area contributed by atoms with Gasteiger partial charge in [0, 0.05) is 12.3 Å². The Hall–Kier alpha value is -0.520. The Kier molecular flexibility index (Phi) is 10.4. The lowest BCUT2D eigenvalue weighted by Crippen LogP contribution is -2.65. The van der Waals surface area contributed by atoms with Crippen molar-refractivity contribution < 1.29 is 64.2 Å². The van der Waals surface area contributed by atoms with Crippen molar-refractivity contribution in [2.24, 2.45) is 52.3 Å². The topological polar surface area (TPSA) is 197 Å². The molecule has 4 aliphatic carbocycles. The summed E-state index contributed by atoms with van der Waals surface area (Å²) in [5.41, 5.74) is 0.425. The van der Waals surface area contributed by atoms with Crippen LogP contribution in [0.4, 0.5) is 0 Å². The average molecular weight is 741 g/mol. The van der Waals surface area contributed by atoms with Crippen LogP contribution in [0, 0.1) is 52.3 Å². The van der Waals surface area contributed by atoms with E-state index in [4.69, 9.17) is 28.4 Å². The number of hydrogen-bond acceptors (Lipinski definition) is 13. The summed E-state index contributed by atoms with van der Waals surface area (Å²) >= 11 is 0. The highest BCUT2D eigenvalue weighted by atomic mass is 16.8. The first-order valence-corrected chi connectivity index (χ1v) is 20.3. The smallest absolute Gasteiger partial charge is 0.187 e. The number of aliphatic hydroxyl groups is 7. The molecule has 4 saturated heterocycles. The van der Waals surface area contributed by atoms with Crippen molar-refractivity contribution in [3.8, 4) is 0 Å². The van der Waals surface area contributed by atoms with Crippen LogP contribution in [0.3, 0.4) is 0 Å². The second kappa shape index (κ2) is 14.1. The fourth-order valence-electron chi connectivity index (χ4n) is 13.2.